The monoisotopic (exact) mass is 551 g/mol. The molecule has 0 bridgehead atoms. The summed E-state index contributed by atoms with van der Waals surface area (Å²) in [7, 11) is 0. The molecule has 0 heterocycles. The van der Waals surface area contributed by atoms with Gasteiger partial charge in [0.15, 0.2) is 0 Å². The molecule has 0 rings (SSSR count). The summed E-state index contributed by atoms with van der Waals surface area (Å²) in [5.74, 6) is -0.638. The molecule has 0 spiro atoms. The quantitative estimate of drug-likeness (QED) is 0.0489. The fraction of sp³-hybridized carbons (Fsp3) is 0.944. The molecule has 0 atom stereocenters. The lowest BCUT2D eigenvalue weighted by Gasteiger charge is -2.15. The van der Waals surface area contributed by atoms with E-state index in [0.717, 1.165) is 38.5 Å². The smallest absolute Gasteiger partial charge is 0.316 e. The van der Waals surface area contributed by atoms with Gasteiger partial charge in [0.05, 0.1) is 5.92 Å². The molecule has 0 saturated heterocycles. The molecule has 0 amide bonds. The molecule has 0 radical (unpaired) electrons. The van der Waals surface area contributed by atoms with Gasteiger partial charge in [-0.3, -0.25) is 9.59 Å². The zero-order valence-corrected chi connectivity index (χ0v) is 27.0. The second-order valence-corrected chi connectivity index (χ2v) is 12.3. The molecule has 0 aliphatic carbocycles. The molecule has 39 heavy (non-hydrogen) atoms. The van der Waals surface area contributed by atoms with Crippen molar-refractivity contribution in [3.05, 3.63) is 0 Å². The summed E-state index contributed by atoms with van der Waals surface area (Å²) in [5, 5.41) is 0. The summed E-state index contributed by atoms with van der Waals surface area (Å²) >= 11 is 0. The molecule has 232 valence electrons. The molecule has 0 saturated carbocycles. The minimum atomic E-state index is -0.300. The van der Waals surface area contributed by atoms with E-state index < -0.39 is 0 Å². The van der Waals surface area contributed by atoms with Gasteiger partial charge in [-0.1, -0.05) is 188 Å². The second-order valence-electron chi connectivity index (χ2n) is 12.3. The predicted molar refractivity (Wildman–Crippen MR) is 170 cm³/mol. The van der Waals surface area contributed by atoms with E-state index in [4.69, 9.17) is 4.74 Å². The van der Waals surface area contributed by atoms with E-state index in [1.54, 1.807) is 0 Å². The van der Waals surface area contributed by atoms with Crippen molar-refractivity contribution in [2.24, 2.45) is 5.92 Å². The summed E-state index contributed by atoms with van der Waals surface area (Å²) in [6, 6.07) is 0. The SMILES string of the molecule is CCCCCCCCCCCCCCCCCC(=O)OC(=O)C(CCCCCCCC)CCCCCCCC. The molecular formula is C36H70O3. The summed E-state index contributed by atoms with van der Waals surface area (Å²) in [5.41, 5.74) is 0. The largest absolute Gasteiger partial charge is 0.393 e. The molecule has 0 aliphatic heterocycles. The van der Waals surface area contributed by atoms with Crippen LogP contribution in [0.2, 0.25) is 0 Å². The molecule has 0 aliphatic rings. The Hall–Kier alpha value is -0.860. The van der Waals surface area contributed by atoms with Crippen LogP contribution in [0.5, 0.6) is 0 Å². The maximum absolute atomic E-state index is 12.8. The Morgan fingerprint density at radius 3 is 1.03 bits per heavy atom. The van der Waals surface area contributed by atoms with E-state index in [1.165, 1.54) is 148 Å². The standard InChI is InChI=1S/C36H70O3/c1-4-7-10-13-16-17-18-19-20-21-22-23-24-27-30-33-35(37)39-36(38)34(31-28-25-14-11-8-5-2)32-29-26-15-12-9-6-3/h34H,4-33H2,1-3H3. The van der Waals surface area contributed by atoms with Gasteiger partial charge in [-0.05, 0) is 19.3 Å². The average Bonchev–Trinajstić information content (AvgIpc) is 2.93. The highest BCUT2D eigenvalue weighted by atomic mass is 16.6. The van der Waals surface area contributed by atoms with Gasteiger partial charge in [0.1, 0.15) is 0 Å². The van der Waals surface area contributed by atoms with Crippen LogP contribution in [0.25, 0.3) is 0 Å². The topological polar surface area (TPSA) is 43.4 Å². The van der Waals surface area contributed by atoms with Gasteiger partial charge in [0.25, 0.3) is 0 Å². The number of rotatable bonds is 31. The van der Waals surface area contributed by atoms with Crippen LogP contribution in [0.15, 0.2) is 0 Å². The van der Waals surface area contributed by atoms with Gasteiger partial charge in [-0.15, -0.1) is 0 Å². The first-order valence-electron chi connectivity index (χ1n) is 17.9. The Kier molecular flexibility index (Phi) is 31.0. The van der Waals surface area contributed by atoms with Crippen LogP contribution < -0.4 is 0 Å². The maximum atomic E-state index is 12.8. The fourth-order valence-corrected chi connectivity index (χ4v) is 5.61. The summed E-state index contributed by atoms with van der Waals surface area (Å²) in [6.07, 6.45) is 36.6. The van der Waals surface area contributed by atoms with Crippen molar-refractivity contribution in [2.45, 2.75) is 213 Å². The molecule has 3 nitrogen and oxygen atoms in total. The highest BCUT2D eigenvalue weighted by Crippen LogP contribution is 2.21. The van der Waals surface area contributed by atoms with E-state index in [0.29, 0.717) is 6.42 Å². The molecule has 0 unspecified atom stereocenters. The molecule has 0 aromatic carbocycles. The number of ether oxygens (including phenoxy) is 1. The zero-order chi connectivity index (χ0) is 28.7. The number of hydrogen-bond acceptors (Lipinski definition) is 3. The number of esters is 2. The lowest BCUT2D eigenvalue weighted by atomic mass is 9.94. The Balaban J connectivity index is 3.91. The van der Waals surface area contributed by atoms with Gasteiger partial charge in [0.2, 0.25) is 0 Å². The molecule has 0 N–H and O–H groups in total. The van der Waals surface area contributed by atoms with Crippen LogP contribution in [0.3, 0.4) is 0 Å². The zero-order valence-electron chi connectivity index (χ0n) is 27.0. The van der Waals surface area contributed by atoms with Gasteiger partial charge < -0.3 is 4.74 Å². The Morgan fingerprint density at radius 1 is 0.410 bits per heavy atom. The van der Waals surface area contributed by atoms with Crippen molar-refractivity contribution in [1.82, 2.24) is 0 Å². The van der Waals surface area contributed by atoms with Crippen molar-refractivity contribution >= 4 is 11.9 Å². The molecule has 0 aromatic heterocycles. The summed E-state index contributed by atoms with van der Waals surface area (Å²) in [6.45, 7) is 6.76. The van der Waals surface area contributed by atoms with Crippen LogP contribution in [-0.2, 0) is 14.3 Å². The van der Waals surface area contributed by atoms with Crippen LogP contribution in [0.1, 0.15) is 213 Å². The third-order valence-corrected chi connectivity index (χ3v) is 8.34. The van der Waals surface area contributed by atoms with Crippen molar-refractivity contribution < 1.29 is 14.3 Å². The van der Waals surface area contributed by atoms with Crippen molar-refractivity contribution in [1.29, 1.82) is 0 Å². The highest BCUT2D eigenvalue weighted by Gasteiger charge is 2.22. The van der Waals surface area contributed by atoms with Crippen molar-refractivity contribution in [2.75, 3.05) is 0 Å². The first-order chi connectivity index (χ1) is 19.2. The van der Waals surface area contributed by atoms with Crippen LogP contribution >= 0.6 is 0 Å². The van der Waals surface area contributed by atoms with Crippen LogP contribution in [-0.4, -0.2) is 11.9 Å². The summed E-state index contributed by atoms with van der Waals surface area (Å²) in [4.78, 5) is 25.1. The molecular weight excluding hydrogens is 480 g/mol. The number of carbonyl (C=O) groups is 2. The predicted octanol–water partition coefficient (Wildman–Crippen LogP) is 12.4. The van der Waals surface area contributed by atoms with Crippen molar-refractivity contribution in [3.8, 4) is 0 Å². The first kappa shape index (κ1) is 38.1. The Morgan fingerprint density at radius 2 is 0.692 bits per heavy atom. The maximum Gasteiger partial charge on any atom is 0.316 e. The van der Waals surface area contributed by atoms with E-state index in [-0.39, 0.29) is 17.9 Å². The minimum absolute atomic E-state index is 0.0904. The second kappa shape index (κ2) is 31.7. The van der Waals surface area contributed by atoms with E-state index in [2.05, 4.69) is 20.8 Å². The lowest BCUT2D eigenvalue weighted by molar-refractivity contribution is -0.163. The molecule has 0 aromatic rings. The van der Waals surface area contributed by atoms with Gasteiger partial charge >= 0.3 is 11.9 Å². The van der Waals surface area contributed by atoms with Gasteiger partial charge in [-0.25, -0.2) is 0 Å². The molecule has 3 heteroatoms. The third-order valence-electron chi connectivity index (χ3n) is 8.34. The van der Waals surface area contributed by atoms with Crippen LogP contribution in [0, 0.1) is 5.92 Å². The highest BCUT2D eigenvalue weighted by molar-refractivity contribution is 5.86. The number of unbranched alkanes of at least 4 members (excludes halogenated alkanes) is 24. The fourth-order valence-electron chi connectivity index (χ4n) is 5.61. The lowest BCUT2D eigenvalue weighted by Crippen LogP contribution is -2.21. The van der Waals surface area contributed by atoms with Gasteiger partial charge in [-0.2, -0.15) is 0 Å². The number of carbonyl (C=O) groups excluding carboxylic acids is 2. The normalized spacial score (nSPS) is 11.4. The Bertz CT molecular complexity index is 499. The van der Waals surface area contributed by atoms with E-state index >= 15 is 0 Å². The van der Waals surface area contributed by atoms with Crippen molar-refractivity contribution in [3.63, 3.8) is 0 Å². The number of hydrogen-bond donors (Lipinski definition) is 0. The van der Waals surface area contributed by atoms with Gasteiger partial charge in [0, 0.05) is 6.42 Å². The molecule has 0 fully saturated rings. The van der Waals surface area contributed by atoms with E-state index in [9.17, 15) is 9.59 Å². The average molecular weight is 551 g/mol. The van der Waals surface area contributed by atoms with Crippen LogP contribution in [0.4, 0.5) is 0 Å². The Labute approximate surface area is 245 Å². The van der Waals surface area contributed by atoms with E-state index in [1.807, 2.05) is 0 Å². The first-order valence-corrected chi connectivity index (χ1v) is 17.9. The summed E-state index contributed by atoms with van der Waals surface area (Å²) < 4.78 is 5.34. The third kappa shape index (κ3) is 28.5. The minimum Gasteiger partial charge on any atom is -0.393 e.